The molecule has 0 aromatic heterocycles. The SMILES string of the molecule is CC(C)N(C)C(=O)/C(C#N)=C(\O)c1cc(O)c(O)c([N+](=O)[O-])c1. The van der Waals surface area contributed by atoms with Gasteiger partial charge in [0.05, 0.1) is 4.92 Å². The third kappa shape index (κ3) is 3.49. The molecule has 3 N–H and O–H groups in total. The van der Waals surface area contributed by atoms with Crippen molar-refractivity contribution in [2.24, 2.45) is 0 Å². The number of phenols is 2. The van der Waals surface area contributed by atoms with Gasteiger partial charge in [-0.05, 0) is 19.9 Å². The van der Waals surface area contributed by atoms with E-state index in [-0.39, 0.29) is 11.6 Å². The molecule has 0 spiro atoms. The van der Waals surface area contributed by atoms with E-state index in [0.717, 1.165) is 12.1 Å². The van der Waals surface area contributed by atoms with Gasteiger partial charge in [0.15, 0.2) is 11.3 Å². The zero-order chi connectivity index (χ0) is 17.9. The molecule has 0 bridgehead atoms. The van der Waals surface area contributed by atoms with Crippen LogP contribution in [0.25, 0.3) is 5.76 Å². The molecule has 0 unspecified atom stereocenters. The van der Waals surface area contributed by atoms with Gasteiger partial charge in [-0.3, -0.25) is 14.9 Å². The number of carbonyl (C=O) groups excluding carboxylic acids is 1. The number of benzene rings is 1. The number of likely N-dealkylation sites (N-methyl/N-ethyl adjacent to an activating group) is 1. The predicted octanol–water partition coefficient (Wildman–Crippen LogP) is 1.67. The van der Waals surface area contributed by atoms with Crippen LogP contribution in [0.15, 0.2) is 17.7 Å². The van der Waals surface area contributed by atoms with Crippen molar-refractivity contribution in [1.82, 2.24) is 4.90 Å². The van der Waals surface area contributed by atoms with Crippen molar-refractivity contribution >= 4 is 17.4 Å². The molecule has 0 saturated carbocycles. The number of nitro benzene ring substituents is 1. The van der Waals surface area contributed by atoms with E-state index >= 15 is 0 Å². The van der Waals surface area contributed by atoms with Crippen LogP contribution >= 0.6 is 0 Å². The Hall–Kier alpha value is -3.28. The minimum absolute atomic E-state index is 0.249. The zero-order valence-corrected chi connectivity index (χ0v) is 12.6. The number of hydrogen-bond donors (Lipinski definition) is 3. The molecule has 1 amide bonds. The van der Waals surface area contributed by atoms with Crippen LogP contribution in [0.3, 0.4) is 0 Å². The number of nitriles is 1. The van der Waals surface area contributed by atoms with Crippen LogP contribution in [0.5, 0.6) is 11.5 Å². The first-order valence-corrected chi connectivity index (χ1v) is 6.43. The molecule has 0 aliphatic carbocycles. The van der Waals surface area contributed by atoms with E-state index in [1.807, 2.05) is 0 Å². The highest BCUT2D eigenvalue weighted by atomic mass is 16.6. The standard InChI is InChI=1S/C14H15N3O6/c1-7(2)16(3)14(21)9(6-15)12(19)8-4-10(17(22)23)13(20)11(18)5-8/h4-5,7,18-20H,1-3H3/b12-9-. The molecule has 1 aromatic carbocycles. The van der Waals surface area contributed by atoms with Crippen molar-refractivity contribution in [3.8, 4) is 17.6 Å². The van der Waals surface area contributed by atoms with Gasteiger partial charge in [-0.25, -0.2) is 0 Å². The summed E-state index contributed by atoms with van der Waals surface area (Å²) in [6.07, 6.45) is 0. The Morgan fingerprint density at radius 2 is 1.96 bits per heavy atom. The van der Waals surface area contributed by atoms with Gasteiger partial charge in [0, 0.05) is 24.7 Å². The van der Waals surface area contributed by atoms with E-state index in [0.29, 0.717) is 0 Å². The highest BCUT2D eigenvalue weighted by Crippen LogP contribution is 2.38. The molecule has 0 saturated heterocycles. The van der Waals surface area contributed by atoms with Crippen molar-refractivity contribution in [2.75, 3.05) is 7.05 Å². The van der Waals surface area contributed by atoms with Gasteiger partial charge < -0.3 is 20.2 Å². The number of aliphatic hydroxyl groups is 1. The summed E-state index contributed by atoms with van der Waals surface area (Å²) in [5.74, 6) is -3.45. The molecule has 23 heavy (non-hydrogen) atoms. The Kier molecular flexibility index (Phi) is 5.14. The maximum atomic E-state index is 12.1. The average molecular weight is 321 g/mol. The third-order valence-corrected chi connectivity index (χ3v) is 3.20. The van der Waals surface area contributed by atoms with E-state index in [1.54, 1.807) is 19.9 Å². The number of amides is 1. The number of hydrogen-bond acceptors (Lipinski definition) is 7. The minimum atomic E-state index is -0.976. The summed E-state index contributed by atoms with van der Waals surface area (Å²) in [7, 11) is 1.42. The van der Waals surface area contributed by atoms with E-state index < -0.39 is 39.3 Å². The van der Waals surface area contributed by atoms with Crippen molar-refractivity contribution in [3.05, 3.63) is 33.4 Å². The van der Waals surface area contributed by atoms with Crippen LogP contribution in [0.4, 0.5) is 5.69 Å². The molecule has 1 aromatic rings. The van der Waals surface area contributed by atoms with Gasteiger partial charge >= 0.3 is 5.69 Å². The molecule has 0 atom stereocenters. The highest BCUT2D eigenvalue weighted by Gasteiger charge is 2.25. The zero-order valence-electron chi connectivity index (χ0n) is 12.6. The summed E-state index contributed by atoms with van der Waals surface area (Å²) in [5.41, 5.74) is -1.84. The summed E-state index contributed by atoms with van der Waals surface area (Å²) in [6.45, 7) is 3.39. The number of aliphatic hydroxyl groups excluding tert-OH is 1. The molecule has 0 radical (unpaired) electrons. The van der Waals surface area contributed by atoms with E-state index in [9.17, 15) is 30.2 Å². The highest BCUT2D eigenvalue weighted by molar-refractivity contribution is 6.03. The molecule has 0 fully saturated rings. The Labute approximate surface area is 131 Å². The average Bonchev–Trinajstić information content (AvgIpc) is 2.48. The number of carbonyl (C=O) groups is 1. The fourth-order valence-electron chi connectivity index (χ4n) is 1.64. The second-order valence-electron chi connectivity index (χ2n) is 4.97. The largest absolute Gasteiger partial charge is 0.506 e. The van der Waals surface area contributed by atoms with Crippen molar-refractivity contribution in [2.45, 2.75) is 19.9 Å². The number of rotatable bonds is 4. The summed E-state index contributed by atoms with van der Waals surface area (Å²) in [5, 5.41) is 48.9. The molecule has 122 valence electrons. The second kappa shape index (κ2) is 6.65. The van der Waals surface area contributed by atoms with E-state index in [1.165, 1.54) is 11.9 Å². The smallest absolute Gasteiger partial charge is 0.315 e. The lowest BCUT2D eigenvalue weighted by atomic mass is 10.1. The number of nitrogens with zero attached hydrogens (tertiary/aromatic N) is 3. The lowest BCUT2D eigenvalue weighted by molar-refractivity contribution is -0.386. The monoisotopic (exact) mass is 321 g/mol. The van der Waals surface area contributed by atoms with Crippen LogP contribution in [0.2, 0.25) is 0 Å². The van der Waals surface area contributed by atoms with Crippen LogP contribution in [0, 0.1) is 21.4 Å². The normalized spacial score (nSPS) is 11.6. The van der Waals surface area contributed by atoms with Crippen molar-refractivity contribution in [3.63, 3.8) is 0 Å². The molecule has 0 heterocycles. The lowest BCUT2D eigenvalue weighted by Gasteiger charge is -2.21. The Bertz CT molecular complexity index is 733. The van der Waals surface area contributed by atoms with Crippen molar-refractivity contribution in [1.29, 1.82) is 5.26 Å². The maximum Gasteiger partial charge on any atom is 0.315 e. The maximum absolute atomic E-state index is 12.1. The van der Waals surface area contributed by atoms with Gasteiger partial charge in [0.25, 0.3) is 5.91 Å². The minimum Gasteiger partial charge on any atom is -0.506 e. The molecule has 1 rings (SSSR count). The summed E-state index contributed by atoms with van der Waals surface area (Å²) >= 11 is 0. The molecule has 9 nitrogen and oxygen atoms in total. The number of phenolic OH excluding ortho intramolecular Hbond substituents is 2. The Balaban J connectivity index is 3.52. The third-order valence-electron chi connectivity index (χ3n) is 3.20. The molecule has 0 aliphatic rings. The topological polar surface area (TPSA) is 148 Å². The van der Waals surface area contributed by atoms with E-state index in [4.69, 9.17) is 5.26 Å². The Morgan fingerprint density at radius 1 is 1.39 bits per heavy atom. The first-order valence-electron chi connectivity index (χ1n) is 6.43. The van der Waals surface area contributed by atoms with Crippen LogP contribution in [0.1, 0.15) is 19.4 Å². The molecule has 9 heteroatoms. The summed E-state index contributed by atoms with van der Waals surface area (Å²) in [4.78, 5) is 23.2. The number of aromatic hydroxyl groups is 2. The predicted molar refractivity (Wildman–Crippen MR) is 79.5 cm³/mol. The van der Waals surface area contributed by atoms with Gasteiger partial charge in [-0.1, -0.05) is 0 Å². The van der Waals surface area contributed by atoms with Crippen molar-refractivity contribution < 1.29 is 25.0 Å². The van der Waals surface area contributed by atoms with Crippen LogP contribution < -0.4 is 0 Å². The first kappa shape index (κ1) is 17.8. The second-order valence-corrected chi connectivity index (χ2v) is 4.97. The fourth-order valence-corrected chi connectivity index (χ4v) is 1.64. The van der Waals surface area contributed by atoms with Gasteiger partial charge in [-0.15, -0.1) is 0 Å². The molecular weight excluding hydrogens is 306 g/mol. The first-order chi connectivity index (χ1) is 10.6. The van der Waals surface area contributed by atoms with Crippen LogP contribution in [-0.4, -0.2) is 44.1 Å². The summed E-state index contributed by atoms with van der Waals surface area (Å²) < 4.78 is 0. The fraction of sp³-hybridized carbons (Fsp3) is 0.286. The van der Waals surface area contributed by atoms with Gasteiger partial charge in [0.2, 0.25) is 5.75 Å². The Morgan fingerprint density at radius 3 is 2.39 bits per heavy atom. The van der Waals surface area contributed by atoms with Gasteiger partial charge in [0.1, 0.15) is 11.8 Å². The van der Waals surface area contributed by atoms with Gasteiger partial charge in [-0.2, -0.15) is 5.26 Å². The van der Waals surface area contributed by atoms with E-state index in [2.05, 4.69) is 0 Å². The molecular formula is C14H15N3O6. The van der Waals surface area contributed by atoms with Crippen LogP contribution in [-0.2, 0) is 4.79 Å². The molecule has 0 aliphatic heterocycles. The quantitative estimate of drug-likeness (QED) is 0.191. The number of nitro groups is 1. The summed E-state index contributed by atoms with van der Waals surface area (Å²) in [6, 6.07) is 2.87. The lowest BCUT2D eigenvalue weighted by Crippen LogP contribution is -2.34.